The van der Waals surface area contributed by atoms with E-state index in [2.05, 4.69) is 38.5 Å². The molecule has 0 radical (unpaired) electrons. The van der Waals surface area contributed by atoms with Crippen LogP contribution < -0.4 is 43.0 Å². The van der Waals surface area contributed by atoms with Crippen LogP contribution in [0.15, 0.2) is 12.7 Å². The third kappa shape index (κ3) is 17.3. The summed E-state index contributed by atoms with van der Waals surface area (Å²) in [5.74, 6) is -15.2. The molecule has 56 heavy (non-hydrogen) atoms. The molecular formula is C34H52N8O14. The van der Waals surface area contributed by atoms with E-state index in [0.29, 0.717) is 0 Å². The largest absolute Gasteiger partial charge is 0.481 e. The average Bonchev–Trinajstić information content (AvgIpc) is 3.08. The van der Waals surface area contributed by atoms with Crippen molar-refractivity contribution in [3.05, 3.63) is 12.7 Å². The summed E-state index contributed by atoms with van der Waals surface area (Å²) >= 11 is 0. The Morgan fingerprint density at radius 1 is 0.589 bits per heavy atom. The molecule has 0 aliphatic carbocycles. The molecule has 0 saturated carbocycles. The SMILES string of the molecule is C=CCC(NC(=O)[C@H](C)NC(=O)[C@@H](NC(=O)[C@@H](NC(=O)[C@H](CC(=O)O)NC(=O)[C@H](CCC(=O)O)NC(C)=O)C(C)C)C(C)C)C(=O)C(=O)C(=O)N[C@@H](C)C(N)=O. The number of ketones is 2. The Kier molecular flexibility index (Phi) is 20.9. The number of nitrogens with one attached hydrogen (secondary N) is 7. The van der Waals surface area contributed by atoms with Gasteiger partial charge in [-0.25, -0.2) is 0 Å². The number of primary amides is 1. The van der Waals surface area contributed by atoms with Crippen molar-refractivity contribution in [2.75, 3.05) is 0 Å². The van der Waals surface area contributed by atoms with Crippen LogP contribution in [0.1, 0.15) is 74.1 Å². The van der Waals surface area contributed by atoms with Crippen LogP contribution >= 0.6 is 0 Å². The third-order valence-corrected chi connectivity index (χ3v) is 7.84. The normalized spacial score (nSPS) is 14.5. The Labute approximate surface area is 322 Å². The van der Waals surface area contributed by atoms with Gasteiger partial charge < -0.3 is 53.2 Å². The minimum absolute atomic E-state index is 0.305. The minimum Gasteiger partial charge on any atom is -0.481 e. The summed E-state index contributed by atoms with van der Waals surface area (Å²) in [5, 5.41) is 34.2. The fraction of sp³-hybridized carbons (Fsp3) is 0.588. The smallest absolute Gasteiger partial charge is 0.305 e. The standard InChI is InChI=1S/C34H52N8O14/c1-9-10-19(26(48)27(49)34(56)36-16(6)28(35)50)39-29(51)17(7)37-32(54)24(14(2)3)42-33(55)25(15(4)5)41-31(53)21(13-23(46)47)40-30(52)20(38-18(8)43)11-12-22(44)45/h9,14-17,19-21,24-25H,1,10-13H2,2-8H3,(H2,35,50)(H,36,56)(H,37,54)(H,38,43)(H,39,51)(H,40,52)(H,41,53)(H,42,55)(H,44,45)(H,46,47)/t16-,17-,19?,20-,21-,24-,25-/m0/s1. The lowest BCUT2D eigenvalue weighted by Crippen LogP contribution is -2.61. The second-order valence-corrected chi connectivity index (χ2v) is 13.4. The lowest BCUT2D eigenvalue weighted by Gasteiger charge is -2.29. The minimum atomic E-state index is -1.79. The van der Waals surface area contributed by atoms with Crippen molar-refractivity contribution in [1.82, 2.24) is 37.2 Å². The van der Waals surface area contributed by atoms with E-state index in [4.69, 9.17) is 10.8 Å². The fourth-order valence-corrected chi connectivity index (χ4v) is 4.67. The first-order chi connectivity index (χ1) is 25.8. The zero-order chi connectivity index (χ0) is 43.6. The van der Waals surface area contributed by atoms with Crippen LogP contribution in [0.5, 0.6) is 0 Å². The van der Waals surface area contributed by atoms with Crippen molar-refractivity contribution in [1.29, 1.82) is 0 Å². The lowest BCUT2D eigenvalue weighted by molar-refractivity contribution is -0.146. The molecule has 0 aliphatic heterocycles. The molecular weight excluding hydrogens is 744 g/mol. The second kappa shape index (κ2) is 23.5. The number of hydrogen-bond donors (Lipinski definition) is 10. The highest BCUT2D eigenvalue weighted by Gasteiger charge is 2.36. The molecule has 0 aliphatic rings. The van der Waals surface area contributed by atoms with E-state index in [1.54, 1.807) is 13.8 Å². The van der Waals surface area contributed by atoms with Crippen LogP contribution in [0.25, 0.3) is 0 Å². The molecule has 0 aromatic rings. The van der Waals surface area contributed by atoms with Gasteiger partial charge in [0.25, 0.3) is 11.7 Å². The van der Waals surface area contributed by atoms with Crippen molar-refractivity contribution >= 4 is 70.8 Å². The van der Waals surface area contributed by atoms with Crippen LogP contribution in [0.3, 0.4) is 0 Å². The molecule has 7 atom stereocenters. The van der Waals surface area contributed by atoms with Gasteiger partial charge >= 0.3 is 11.9 Å². The van der Waals surface area contributed by atoms with Crippen LogP contribution in [-0.4, -0.2) is 123 Å². The number of carbonyl (C=O) groups is 12. The average molecular weight is 797 g/mol. The number of carbonyl (C=O) groups excluding carboxylic acids is 10. The van der Waals surface area contributed by atoms with Gasteiger partial charge in [-0.05, 0) is 38.5 Å². The van der Waals surface area contributed by atoms with Gasteiger partial charge in [0.1, 0.15) is 36.3 Å². The predicted octanol–water partition coefficient (Wildman–Crippen LogP) is -3.71. The van der Waals surface area contributed by atoms with Gasteiger partial charge in [0, 0.05) is 13.3 Å². The summed E-state index contributed by atoms with van der Waals surface area (Å²) in [4.78, 5) is 149. The molecule has 8 amide bonds. The number of hydrogen-bond acceptors (Lipinski definition) is 12. The maximum Gasteiger partial charge on any atom is 0.305 e. The number of nitrogens with two attached hydrogens (primary N) is 1. The van der Waals surface area contributed by atoms with Crippen LogP contribution in [0.2, 0.25) is 0 Å². The molecule has 22 heteroatoms. The number of carboxylic acids is 2. The Morgan fingerprint density at radius 3 is 1.52 bits per heavy atom. The molecule has 0 aromatic carbocycles. The summed E-state index contributed by atoms with van der Waals surface area (Å²) in [6.45, 7) is 13.0. The molecule has 0 spiro atoms. The second-order valence-electron chi connectivity index (χ2n) is 13.4. The maximum absolute atomic E-state index is 13.5. The van der Waals surface area contributed by atoms with Gasteiger partial charge in [-0.15, -0.1) is 6.58 Å². The van der Waals surface area contributed by atoms with Crippen molar-refractivity contribution in [3.8, 4) is 0 Å². The van der Waals surface area contributed by atoms with Crippen molar-refractivity contribution in [2.45, 2.75) is 116 Å². The van der Waals surface area contributed by atoms with Crippen LogP contribution in [-0.2, 0) is 57.5 Å². The molecule has 312 valence electrons. The molecule has 0 bridgehead atoms. The number of Topliss-reactive ketones (excluding diaryl/α,β-unsaturated/α-hetero) is 2. The topological polar surface area (TPSA) is 356 Å². The van der Waals surface area contributed by atoms with Crippen LogP contribution in [0.4, 0.5) is 0 Å². The molecule has 0 heterocycles. The molecule has 0 aromatic heterocycles. The summed E-state index contributed by atoms with van der Waals surface area (Å²) in [6.07, 6.45) is -1.03. The molecule has 0 fully saturated rings. The summed E-state index contributed by atoms with van der Waals surface area (Å²) < 4.78 is 0. The van der Waals surface area contributed by atoms with E-state index in [0.717, 1.165) is 6.92 Å². The first-order valence-corrected chi connectivity index (χ1v) is 17.4. The maximum atomic E-state index is 13.5. The molecule has 1 unspecified atom stereocenters. The third-order valence-electron chi connectivity index (χ3n) is 7.84. The zero-order valence-electron chi connectivity index (χ0n) is 32.2. The van der Waals surface area contributed by atoms with Gasteiger partial charge in [0.15, 0.2) is 0 Å². The summed E-state index contributed by atoms with van der Waals surface area (Å²) in [5.41, 5.74) is 5.05. The first-order valence-electron chi connectivity index (χ1n) is 17.4. The van der Waals surface area contributed by atoms with Gasteiger partial charge in [0.2, 0.25) is 47.1 Å². The van der Waals surface area contributed by atoms with E-state index in [9.17, 15) is 62.6 Å². The highest BCUT2D eigenvalue weighted by Crippen LogP contribution is 2.09. The number of amides is 8. The highest BCUT2D eigenvalue weighted by molar-refractivity contribution is 6.64. The quantitative estimate of drug-likeness (QED) is 0.0242. The number of carboxylic acid groups (broad SMARTS) is 2. The van der Waals surface area contributed by atoms with E-state index < -0.39 is 138 Å². The zero-order valence-corrected chi connectivity index (χ0v) is 32.2. The molecule has 0 rings (SSSR count). The summed E-state index contributed by atoms with van der Waals surface area (Å²) in [6, 6.07) is -10.3. The summed E-state index contributed by atoms with van der Waals surface area (Å²) in [7, 11) is 0. The number of rotatable bonds is 25. The van der Waals surface area contributed by atoms with E-state index in [-0.39, 0.29) is 12.8 Å². The molecule has 11 N–H and O–H groups in total. The van der Waals surface area contributed by atoms with Gasteiger partial charge in [0.05, 0.1) is 12.5 Å². The Balaban J connectivity index is 5.94. The van der Waals surface area contributed by atoms with Gasteiger partial charge in [-0.2, -0.15) is 0 Å². The van der Waals surface area contributed by atoms with Gasteiger partial charge in [-0.1, -0.05) is 33.8 Å². The predicted molar refractivity (Wildman–Crippen MR) is 193 cm³/mol. The Bertz CT molecular complexity index is 1560. The molecule has 0 saturated heterocycles. The fourth-order valence-electron chi connectivity index (χ4n) is 4.67. The van der Waals surface area contributed by atoms with Gasteiger partial charge in [-0.3, -0.25) is 57.5 Å². The van der Waals surface area contributed by atoms with Crippen molar-refractivity contribution in [2.24, 2.45) is 17.6 Å². The monoisotopic (exact) mass is 796 g/mol. The Hall–Kier alpha value is -6.22. The van der Waals surface area contributed by atoms with E-state index >= 15 is 0 Å². The Morgan fingerprint density at radius 2 is 1.07 bits per heavy atom. The lowest BCUT2D eigenvalue weighted by atomic mass is 9.98. The highest BCUT2D eigenvalue weighted by atomic mass is 16.4. The van der Waals surface area contributed by atoms with E-state index in [1.807, 2.05) is 5.32 Å². The van der Waals surface area contributed by atoms with E-state index in [1.165, 1.54) is 33.8 Å². The first kappa shape index (κ1) is 49.8. The van der Waals surface area contributed by atoms with Crippen LogP contribution in [0, 0.1) is 11.8 Å². The van der Waals surface area contributed by atoms with Crippen molar-refractivity contribution < 1.29 is 67.7 Å². The van der Waals surface area contributed by atoms with Crippen molar-refractivity contribution in [3.63, 3.8) is 0 Å². The number of aliphatic carboxylic acids is 2. The molecule has 22 nitrogen and oxygen atoms in total.